The molecule has 0 aromatic heterocycles. The molecule has 0 aromatic carbocycles. The smallest absolute Gasteiger partial charge is 0.314 e. The van der Waals surface area contributed by atoms with Gasteiger partial charge in [-0.3, -0.25) is 4.79 Å². The van der Waals surface area contributed by atoms with Crippen LogP contribution < -0.4 is 10.6 Å². The van der Waals surface area contributed by atoms with Crippen LogP contribution in [0.3, 0.4) is 0 Å². The van der Waals surface area contributed by atoms with Gasteiger partial charge in [0.2, 0.25) is 0 Å². The van der Waals surface area contributed by atoms with Gasteiger partial charge in [0.1, 0.15) is 0 Å². The van der Waals surface area contributed by atoms with Crippen LogP contribution >= 0.6 is 0 Å². The Morgan fingerprint density at radius 1 is 1.10 bits per heavy atom. The minimum absolute atomic E-state index is 0.203. The van der Waals surface area contributed by atoms with E-state index < -0.39 is 11.4 Å². The van der Waals surface area contributed by atoms with Crippen LogP contribution in [0.2, 0.25) is 0 Å². The average molecular weight is 294 g/mol. The summed E-state index contributed by atoms with van der Waals surface area (Å²) in [5.74, 6) is 1.55. The van der Waals surface area contributed by atoms with Gasteiger partial charge in [0.25, 0.3) is 0 Å². The van der Waals surface area contributed by atoms with Gasteiger partial charge in [0, 0.05) is 13.1 Å². The second kappa shape index (κ2) is 5.85. The molecule has 0 spiro atoms. The lowest BCUT2D eigenvalue weighted by atomic mass is 9.86. The first kappa shape index (κ1) is 14.7. The number of rotatable bonds is 5. The molecule has 0 aliphatic heterocycles. The van der Waals surface area contributed by atoms with Crippen LogP contribution in [0, 0.1) is 23.2 Å². The number of carbonyl (C=O) groups is 2. The van der Waals surface area contributed by atoms with Gasteiger partial charge in [-0.1, -0.05) is 19.3 Å². The van der Waals surface area contributed by atoms with E-state index in [1.54, 1.807) is 0 Å². The second-order valence-electron chi connectivity index (χ2n) is 7.29. The molecule has 2 amide bonds. The van der Waals surface area contributed by atoms with E-state index in [9.17, 15) is 14.7 Å². The quantitative estimate of drug-likeness (QED) is 0.728. The summed E-state index contributed by atoms with van der Waals surface area (Å²) in [6.07, 6.45) is 8.53. The topological polar surface area (TPSA) is 78.4 Å². The largest absolute Gasteiger partial charge is 0.481 e. The molecule has 118 valence electrons. The molecule has 3 N–H and O–H groups in total. The first-order valence-electron chi connectivity index (χ1n) is 8.34. The van der Waals surface area contributed by atoms with Gasteiger partial charge in [0.05, 0.1) is 5.41 Å². The molecule has 0 aromatic rings. The van der Waals surface area contributed by atoms with Gasteiger partial charge in [-0.2, -0.15) is 0 Å². The van der Waals surface area contributed by atoms with E-state index in [0.717, 1.165) is 31.2 Å². The molecule has 21 heavy (non-hydrogen) atoms. The molecule has 2 bridgehead atoms. The fourth-order valence-electron chi connectivity index (χ4n) is 4.68. The van der Waals surface area contributed by atoms with Crippen LogP contribution in [0.25, 0.3) is 0 Å². The number of hydrogen-bond donors (Lipinski definition) is 3. The highest BCUT2D eigenvalue weighted by Crippen LogP contribution is 2.47. The molecule has 3 aliphatic carbocycles. The van der Waals surface area contributed by atoms with Crippen LogP contribution in [0.4, 0.5) is 4.79 Å². The molecule has 5 heteroatoms. The van der Waals surface area contributed by atoms with Crippen LogP contribution in [-0.2, 0) is 4.79 Å². The highest BCUT2D eigenvalue weighted by atomic mass is 16.4. The highest BCUT2D eigenvalue weighted by molar-refractivity contribution is 5.78. The fraction of sp³-hybridized carbons (Fsp3) is 0.875. The number of amides is 2. The van der Waals surface area contributed by atoms with Crippen molar-refractivity contribution in [2.75, 3.05) is 13.1 Å². The van der Waals surface area contributed by atoms with Gasteiger partial charge in [-0.15, -0.1) is 0 Å². The summed E-state index contributed by atoms with van der Waals surface area (Å²) in [6, 6.07) is -0.203. The predicted molar refractivity (Wildman–Crippen MR) is 78.9 cm³/mol. The normalized spacial score (nSPS) is 33.0. The van der Waals surface area contributed by atoms with E-state index in [1.165, 1.54) is 25.7 Å². The summed E-state index contributed by atoms with van der Waals surface area (Å²) < 4.78 is 0. The monoisotopic (exact) mass is 294 g/mol. The molecule has 3 unspecified atom stereocenters. The van der Waals surface area contributed by atoms with Crippen molar-refractivity contribution in [3.05, 3.63) is 0 Å². The van der Waals surface area contributed by atoms with Crippen molar-refractivity contribution in [3.8, 4) is 0 Å². The Balaban J connectivity index is 1.41. The Kier molecular flexibility index (Phi) is 4.09. The van der Waals surface area contributed by atoms with Crippen molar-refractivity contribution in [3.63, 3.8) is 0 Å². The maximum atomic E-state index is 11.9. The molecule has 3 aliphatic rings. The molecule has 0 radical (unpaired) electrons. The summed E-state index contributed by atoms with van der Waals surface area (Å²) in [7, 11) is 0. The first-order chi connectivity index (χ1) is 10.1. The fourth-order valence-corrected chi connectivity index (χ4v) is 4.68. The van der Waals surface area contributed by atoms with Gasteiger partial charge in [0.15, 0.2) is 0 Å². The van der Waals surface area contributed by atoms with Gasteiger partial charge in [-0.05, 0) is 49.9 Å². The molecule has 0 saturated heterocycles. The Hall–Kier alpha value is -1.26. The Labute approximate surface area is 125 Å². The van der Waals surface area contributed by atoms with Crippen molar-refractivity contribution in [2.45, 2.75) is 51.4 Å². The molecule has 3 fully saturated rings. The summed E-state index contributed by atoms with van der Waals surface area (Å²) in [6.45, 7) is 0.998. The van der Waals surface area contributed by atoms with Crippen LogP contribution in [0.15, 0.2) is 0 Å². The SMILES string of the molecule is O=C(NCC1CC2CCC1C2)NCC1(C(=O)O)CCCC1. The third-order valence-corrected chi connectivity index (χ3v) is 6.01. The second-order valence-corrected chi connectivity index (χ2v) is 7.29. The van der Waals surface area contributed by atoms with Crippen molar-refractivity contribution < 1.29 is 14.7 Å². The Morgan fingerprint density at radius 3 is 2.43 bits per heavy atom. The summed E-state index contributed by atoms with van der Waals surface area (Å²) in [5, 5.41) is 15.1. The number of nitrogens with one attached hydrogen (secondary N) is 2. The summed E-state index contributed by atoms with van der Waals surface area (Å²) in [5.41, 5.74) is -0.732. The van der Waals surface area contributed by atoms with Crippen molar-refractivity contribution in [2.24, 2.45) is 23.2 Å². The number of carboxylic acids is 1. The van der Waals surface area contributed by atoms with E-state index in [-0.39, 0.29) is 12.6 Å². The zero-order chi connectivity index (χ0) is 14.9. The maximum absolute atomic E-state index is 11.9. The first-order valence-corrected chi connectivity index (χ1v) is 8.34. The number of hydrogen-bond acceptors (Lipinski definition) is 2. The number of carbonyl (C=O) groups excluding carboxylic acids is 1. The Bertz CT molecular complexity index is 418. The molecule has 3 rings (SSSR count). The third kappa shape index (κ3) is 3.01. The average Bonchev–Trinajstić information content (AvgIpc) is 3.18. The number of carboxylic acid groups (broad SMARTS) is 1. The van der Waals surface area contributed by atoms with E-state index in [2.05, 4.69) is 10.6 Å². The Morgan fingerprint density at radius 2 is 1.86 bits per heavy atom. The molecular weight excluding hydrogens is 268 g/mol. The van der Waals surface area contributed by atoms with Gasteiger partial charge < -0.3 is 15.7 Å². The highest BCUT2D eigenvalue weighted by Gasteiger charge is 2.42. The molecule has 0 heterocycles. The molecular formula is C16H26N2O3. The molecule has 5 nitrogen and oxygen atoms in total. The van der Waals surface area contributed by atoms with Gasteiger partial charge >= 0.3 is 12.0 Å². The minimum atomic E-state index is -0.770. The van der Waals surface area contributed by atoms with E-state index in [1.807, 2.05) is 0 Å². The lowest BCUT2D eigenvalue weighted by Gasteiger charge is -2.25. The van der Waals surface area contributed by atoms with Crippen molar-refractivity contribution in [1.82, 2.24) is 10.6 Å². The van der Waals surface area contributed by atoms with Crippen molar-refractivity contribution in [1.29, 1.82) is 0 Å². The summed E-state index contributed by atoms with van der Waals surface area (Å²) in [4.78, 5) is 23.3. The lowest BCUT2D eigenvalue weighted by molar-refractivity contribution is -0.148. The lowest BCUT2D eigenvalue weighted by Crippen LogP contribution is -2.46. The minimum Gasteiger partial charge on any atom is -0.481 e. The van der Waals surface area contributed by atoms with Crippen LogP contribution in [0.5, 0.6) is 0 Å². The maximum Gasteiger partial charge on any atom is 0.314 e. The third-order valence-electron chi connectivity index (χ3n) is 6.01. The molecule has 3 saturated carbocycles. The van der Waals surface area contributed by atoms with Gasteiger partial charge in [-0.25, -0.2) is 4.79 Å². The standard InChI is InChI=1S/C16H26N2O3/c19-14(20)16(5-1-2-6-16)10-18-15(21)17-9-13-8-11-3-4-12(13)7-11/h11-13H,1-10H2,(H,19,20)(H2,17,18,21). The number of aliphatic carboxylic acids is 1. The van der Waals surface area contributed by atoms with Crippen LogP contribution in [-0.4, -0.2) is 30.2 Å². The zero-order valence-corrected chi connectivity index (χ0v) is 12.6. The van der Waals surface area contributed by atoms with E-state index in [0.29, 0.717) is 18.8 Å². The van der Waals surface area contributed by atoms with Crippen LogP contribution in [0.1, 0.15) is 51.4 Å². The van der Waals surface area contributed by atoms with Crippen molar-refractivity contribution >= 4 is 12.0 Å². The number of urea groups is 1. The number of fused-ring (bicyclic) bond motifs is 2. The summed E-state index contributed by atoms with van der Waals surface area (Å²) >= 11 is 0. The van der Waals surface area contributed by atoms with E-state index in [4.69, 9.17) is 0 Å². The molecule has 3 atom stereocenters. The predicted octanol–water partition coefficient (Wildman–Crippen LogP) is 2.37. The van der Waals surface area contributed by atoms with E-state index >= 15 is 0 Å². The zero-order valence-electron chi connectivity index (χ0n) is 12.6.